The van der Waals surface area contributed by atoms with Gasteiger partial charge in [-0.1, -0.05) is 78.5 Å². The summed E-state index contributed by atoms with van der Waals surface area (Å²) in [5.74, 6) is 0.300. The van der Waals surface area contributed by atoms with Crippen molar-refractivity contribution in [1.29, 1.82) is 0 Å². The van der Waals surface area contributed by atoms with Crippen molar-refractivity contribution in [3.8, 4) is 11.1 Å². The van der Waals surface area contributed by atoms with E-state index >= 15 is 0 Å². The van der Waals surface area contributed by atoms with Crippen molar-refractivity contribution < 1.29 is 0 Å². The lowest BCUT2D eigenvalue weighted by Gasteiger charge is -2.16. The Balaban J connectivity index is 1.14. The molecule has 0 amide bonds. The number of allylic oxidation sites excluding steroid dienone is 5. The van der Waals surface area contributed by atoms with Gasteiger partial charge in [0, 0.05) is 40.5 Å². The van der Waals surface area contributed by atoms with E-state index in [9.17, 15) is 0 Å². The van der Waals surface area contributed by atoms with Gasteiger partial charge >= 0.3 is 0 Å². The Morgan fingerprint density at radius 3 is 2.00 bits per heavy atom. The molecule has 6 aromatic rings. The maximum Gasteiger partial charge on any atom is 0.0363 e. The van der Waals surface area contributed by atoms with Crippen molar-refractivity contribution in [3.63, 3.8) is 0 Å². The molecule has 2 heterocycles. The monoisotopic (exact) mass is 570 g/mol. The molecule has 1 aliphatic carbocycles. The summed E-state index contributed by atoms with van der Waals surface area (Å²) in [5, 5.41) is 6.29. The Morgan fingerprint density at radius 1 is 0.615 bits per heavy atom. The summed E-state index contributed by atoms with van der Waals surface area (Å²) in [7, 11) is 0. The highest BCUT2D eigenvalue weighted by molar-refractivity contribution is 8.03. The summed E-state index contributed by atoms with van der Waals surface area (Å²) in [6.45, 7) is 0. The van der Waals surface area contributed by atoms with Gasteiger partial charge in [0.15, 0.2) is 0 Å². The summed E-state index contributed by atoms with van der Waals surface area (Å²) in [6.07, 6.45) is 9.44. The zero-order valence-corrected chi connectivity index (χ0v) is 24.2. The van der Waals surface area contributed by atoms with Gasteiger partial charge in [0.2, 0.25) is 0 Å². The molecule has 4 heteroatoms. The van der Waals surface area contributed by atoms with Gasteiger partial charge in [0.25, 0.3) is 0 Å². The second kappa shape index (κ2) is 9.21. The Hall–Kier alpha value is -3.15. The number of benzene rings is 5. The lowest BCUT2D eigenvalue weighted by Crippen LogP contribution is -1.94. The Morgan fingerprint density at radius 2 is 1.23 bits per heavy atom. The molecule has 0 fully saturated rings. The summed E-state index contributed by atoms with van der Waals surface area (Å²) in [6, 6.07) is 33.1. The fourth-order valence-corrected chi connectivity index (χ4v) is 8.73. The third-order valence-corrected chi connectivity index (χ3v) is 10.7. The molecule has 1 aliphatic heterocycles. The van der Waals surface area contributed by atoms with Crippen LogP contribution in [0.3, 0.4) is 0 Å². The highest BCUT2D eigenvalue weighted by atomic mass is 32.2. The maximum atomic E-state index is 4.49. The van der Waals surface area contributed by atoms with Crippen LogP contribution < -0.4 is 0 Å². The van der Waals surface area contributed by atoms with E-state index < -0.39 is 0 Å². The fourth-order valence-electron chi connectivity index (χ4n) is 5.63. The van der Waals surface area contributed by atoms with E-state index in [-0.39, 0.29) is 0 Å². The number of thiol groups is 2. The molecular weight excluding hydrogens is 549 g/mol. The molecule has 1 unspecified atom stereocenters. The topological polar surface area (TPSA) is 0 Å². The molecule has 8 rings (SSSR count). The first-order valence-corrected chi connectivity index (χ1v) is 15.4. The fraction of sp³-hybridized carbons (Fsp3) is 0.0286. The second-order valence-electron chi connectivity index (χ2n) is 10.2. The second-order valence-corrected chi connectivity index (χ2v) is 13.4. The van der Waals surface area contributed by atoms with E-state index in [4.69, 9.17) is 0 Å². The molecule has 1 atom stereocenters. The van der Waals surface area contributed by atoms with E-state index in [0.717, 1.165) is 9.79 Å². The Bertz CT molecular complexity index is 2070. The minimum Gasteiger partial charge on any atom is -0.143 e. The van der Waals surface area contributed by atoms with Crippen molar-refractivity contribution in [1.82, 2.24) is 0 Å². The van der Waals surface area contributed by atoms with Crippen molar-refractivity contribution in [2.24, 2.45) is 0 Å². The minimum atomic E-state index is 0.300. The van der Waals surface area contributed by atoms with Gasteiger partial charge < -0.3 is 0 Å². The molecular formula is C35H22S4. The predicted octanol–water partition coefficient (Wildman–Crippen LogP) is 11.2. The van der Waals surface area contributed by atoms with Crippen molar-refractivity contribution >= 4 is 85.6 Å². The van der Waals surface area contributed by atoms with Gasteiger partial charge in [-0.3, -0.25) is 0 Å². The van der Waals surface area contributed by atoms with Crippen LogP contribution in [-0.4, -0.2) is 0 Å². The highest BCUT2D eigenvalue weighted by Crippen LogP contribution is 2.51. The number of hydrogen-bond donors (Lipinski definition) is 2. The van der Waals surface area contributed by atoms with Crippen LogP contribution in [0, 0.1) is 0 Å². The summed E-state index contributed by atoms with van der Waals surface area (Å²) in [4.78, 5) is 6.16. The first kappa shape index (κ1) is 23.7. The predicted molar refractivity (Wildman–Crippen MR) is 177 cm³/mol. The van der Waals surface area contributed by atoms with Crippen LogP contribution in [0.15, 0.2) is 135 Å². The quantitative estimate of drug-likeness (QED) is 0.195. The van der Waals surface area contributed by atoms with Crippen LogP contribution in [0.5, 0.6) is 0 Å². The van der Waals surface area contributed by atoms with Crippen molar-refractivity contribution in [2.45, 2.75) is 20.6 Å². The summed E-state index contributed by atoms with van der Waals surface area (Å²) >= 11 is 12.8. The van der Waals surface area contributed by atoms with Crippen LogP contribution in [0.2, 0.25) is 0 Å². The third kappa shape index (κ3) is 4.18. The maximum absolute atomic E-state index is 4.49. The third-order valence-electron chi connectivity index (χ3n) is 7.63. The van der Waals surface area contributed by atoms with Gasteiger partial charge in [-0.05, 0) is 92.3 Å². The van der Waals surface area contributed by atoms with Gasteiger partial charge in [0.1, 0.15) is 0 Å². The van der Waals surface area contributed by atoms with Crippen molar-refractivity contribution in [2.75, 3.05) is 0 Å². The molecule has 186 valence electrons. The molecule has 0 radical (unpaired) electrons. The molecule has 0 saturated heterocycles. The molecule has 0 spiro atoms. The van der Waals surface area contributed by atoms with Gasteiger partial charge in [0.05, 0.1) is 0 Å². The molecule has 2 bridgehead atoms. The number of thioether (sulfide) groups is 1. The van der Waals surface area contributed by atoms with Crippen LogP contribution in [-0.2, 0) is 0 Å². The smallest absolute Gasteiger partial charge is 0.0363 e. The number of fused-ring (bicyclic) bond motifs is 7. The minimum absolute atomic E-state index is 0.300. The number of rotatable bonds is 2. The van der Waals surface area contributed by atoms with Crippen LogP contribution in [0.4, 0.5) is 0 Å². The average molecular weight is 571 g/mol. The van der Waals surface area contributed by atoms with Crippen LogP contribution in [0.25, 0.3) is 48.3 Å². The SMILES string of the molecule is Sc1ccc2cc(C3=CC4=CC(C=C3)c3sc5cc(-c6ccc7cc(S)ccc7c6)ccc5c3S4)ccc2c1. The van der Waals surface area contributed by atoms with Gasteiger partial charge in [-0.25, -0.2) is 0 Å². The lowest BCUT2D eigenvalue weighted by atomic mass is 9.99. The summed E-state index contributed by atoms with van der Waals surface area (Å²) in [5.41, 5.74) is 5.02. The van der Waals surface area contributed by atoms with E-state index in [1.165, 1.54) is 68.6 Å². The van der Waals surface area contributed by atoms with Crippen LogP contribution >= 0.6 is 48.4 Å². The molecule has 2 aliphatic rings. The Labute approximate surface area is 246 Å². The van der Waals surface area contributed by atoms with E-state index in [1.807, 2.05) is 23.1 Å². The van der Waals surface area contributed by atoms with Crippen LogP contribution in [0.1, 0.15) is 16.4 Å². The van der Waals surface area contributed by atoms with E-state index in [0.29, 0.717) is 5.92 Å². The number of thiophene rings is 1. The first-order valence-electron chi connectivity index (χ1n) is 12.9. The average Bonchev–Trinajstić information content (AvgIpc) is 3.22. The normalized spacial score (nSPS) is 16.3. The zero-order chi connectivity index (χ0) is 26.1. The molecule has 5 aromatic carbocycles. The highest BCUT2D eigenvalue weighted by Gasteiger charge is 2.25. The largest absolute Gasteiger partial charge is 0.143 e. The zero-order valence-electron chi connectivity index (χ0n) is 20.8. The molecule has 0 saturated carbocycles. The van der Waals surface area contributed by atoms with Gasteiger partial charge in [-0.2, -0.15) is 0 Å². The first-order chi connectivity index (χ1) is 19.1. The van der Waals surface area contributed by atoms with Gasteiger partial charge in [-0.15, -0.1) is 36.6 Å². The molecule has 39 heavy (non-hydrogen) atoms. The standard InChI is InChI=1S/C35H22S4/c36-29-10-7-22-13-20(1-3-24(22)15-29)26-5-6-28-18-31(17-26)38-35-32-12-9-27(19-33(32)39-34(28)35)21-2-4-25-16-30(37)11-8-23(25)14-21/h1-19,28,36-37H. The molecule has 0 N–H and O–H groups in total. The molecule has 0 nitrogen and oxygen atoms in total. The van der Waals surface area contributed by atoms with E-state index in [1.54, 1.807) is 0 Å². The number of hydrogen-bond acceptors (Lipinski definition) is 4. The van der Waals surface area contributed by atoms with E-state index in [2.05, 4.69) is 141 Å². The summed E-state index contributed by atoms with van der Waals surface area (Å²) < 4.78 is 1.35. The lowest BCUT2D eigenvalue weighted by molar-refractivity contribution is 1.08. The molecule has 1 aromatic heterocycles. The Kier molecular flexibility index (Phi) is 5.60. The van der Waals surface area contributed by atoms with Crippen molar-refractivity contribution in [3.05, 3.63) is 131 Å².